The van der Waals surface area contributed by atoms with Gasteiger partial charge in [-0.25, -0.2) is 18.4 Å². The van der Waals surface area contributed by atoms with Crippen LogP contribution in [0.5, 0.6) is 11.5 Å². The maximum absolute atomic E-state index is 13.5. The number of sulfone groups is 1. The van der Waals surface area contributed by atoms with E-state index in [-0.39, 0.29) is 31.8 Å². The summed E-state index contributed by atoms with van der Waals surface area (Å²) in [6.07, 6.45) is 1.48. The summed E-state index contributed by atoms with van der Waals surface area (Å²) in [5.41, 5.74) is 8.45. The highest BCUT2D eigenvalue weighted by Crippen LogP contribution is 2.36. The SMILES string of the molecule is CCOc1cc(C=Nn2c(N)c(S(=O)(=O)c3cccs3)c3nc4ccccc4nc32)ccc1O. The smallest absolute Gasteiger partial charge is 0.221 e. The van der Waals surface area contributed by atoms with E-state index in [0.717, 1.165) is 11.3 Å². The molecular weight excluding hydrogens is 474 g/mol. The number of nitrogens with zero attached hydrogens (tertiary/aromatic N) is 4. The summed E-state index contributed by atoms with van der Waals surface area (Å²) >= 11 is 1.10. The summed E-state index contributed by atoms with van der Waals surface area (Å²) in [5.74, 6) is 0.217. The quantitative estimate of drug-likeness (QED) is 0.341. The molecule has 0 fully saturated rings. The van der Waals surface area contributed by atoms with Gasteiger partial charge in [0.1, 0.15) is 20.4 Å². The molecule has 0 unspecified atom stereocenters. The van der Waals surface area contributed by atoms with Gasteiger partial charge in [0.25, 0.3) is 0 Å². The number of phenols is 1. The van der Waals surface area contributed by atoms with Gasteiger partial charge in [-0.05, 0) is 54.3 Å². The average molecular weight is 494 g/mol. The predicted molar refractivity (Wildman–Crippen MR) is 131 cm³/mol. The summed E-state index contributed by atoms with van der Waals surface area (Å²) < 4.78 is 33.8. The van der Waals surface area contributed by atoms with Crippen LogP contribution in [-0.2, 0) is 9.84 Å². The number of anilines is 1. The molecule has 0 aliphatic heterocycles. The van der Waals surface area contributed by atoms with E-state index in [0.29, 0.717) is 29.0 Å². The molecule has 3 N–H and O–H groups in total. The third-order valence-electron chi connectivity index (χ3n) is 5.06. The fourth-order valence-corrected chi connectivity index (χ4v) is 6.11. The number of phenolic OH excluding ortho intramolecular Hbond substituents is 1. The van der Waals surface area contributed by atoms with Gasteiger partial charge in [0.05, 0.1) is 23.9 Å². The van der Waals surface area contributed by atoms with Gasteiger partial charge in [0.2, 0.25) is 9.84 Å². The van der Waals surface area contributed by atoms with Crippen LogP contribution in [0.25, 0.3) is 22.2 Å². The van der Waals surface area contributed by atoms with Gasteiger partial charge >= 0.3 is 0 Å². The minimum atomic E-state index is -3.96. The molecule has 0 aliphatic carbocycles. The van der Waals surface area contributed by atoms with E-state index in [1.165, 1.54) is 23.0 Å². The molecule has 0 radical (unpaired) electrons. The van der Waals surface area contributed by atoms with Crippen molar-refractivity contribution in [2.24, 2.45) is 5.10 Å². The summed E-state index contributed by atoms with van der Waals surface area (Å²) in [7, 11) is -3.96. The van der Waals surface area contributed by atoms with E-state index in [9.17, 15) is 13.5 Å². The van der Waals surface area contributed by atoms with Gasteiger partial charge in [0.15, 0.2) is 17.1 Å². The molecule has 11 heteroatoms. The Balaban J connectivity index is 1.74. The van der Waals surface area contributed by atoms with Crippen molar-refractivity contribution in [1.82, 2.24) is 14.6 Å². The van der Waals surface area contributed by atoms with Crippen LogP contribution < -0.4 is 10.5 Å². The number of thiophene rings is 1. The van der Waals surface area contributed by atoms with Crippen LogP contribution in [0.3, 0.4) is 0 Å². The number of rotatable bonds is 6. The van der Waals surface area contributed by atoms with Crippen molar-refractivity contribution in [2.45, 2.75) is 16.0 Å². The first kappa shape index (κ1) is 21.9. The zero-order valence-electron chi connectivity index (χ0n) is 17.9. The van der Waals surface area contributed by atoms with Gasteiger partial charge in [0, 0.05) is 0 Å². The third kappa shape index (κ3) is 3.64. The molecule has 0 spiro atoms. The van der Waals surface area contributed by atoms with Crippen molar-refractivity contribution < 1.29 is 18.3 Å². The minimum absolute atomic E-state index is 0.00610. The molecule has 0 amide bonds. The van der Waals surface area contributed by atoms with Crippen molar-refractivity contribution in [3.63, 3.8) is 0 Å². The Morgan fingerprint density at radius 2 is 1.91 bits per heavy atom. The molecule has 5 aromatic rings. The van der Waals surface area contributed by atoms with Crippen LogP contribution in [0.15, 0.2) is 74.2 Å². The van der Waals surface area contributed by atoms with Gasteiger partial charge in [-0.2, -0.15) is 9.78 Å². The van der Waals surface area contributed by atoms with Crippen molar-refractivity contribution in [3.8, 4) is 11.5 Å². The lowest BCUT2D eigenvalue weighted by Gasteiger charge is -2.06. The first-order chi connectivity index (χ1) is 16.4. The van der Waals surface area contributed by atoms with Gasteiger partial charge < -0.3 is 15.6 Å². The summed E-state index contributed by atoms with van der Waals surface area (Å²) in [4.78, 5) is 9.05. The normalized spacial score (nSPS) is 12.1. The number of aromatic nitrogens is 3. The predicted octanol–water partition coefficient (Wildman–Crippen LogP) is 4.05. The van der Waals surface area contributed by atoms with Crippen LogP contribution in [0.1, 0.15) is 12.5 Å². The highest BCUT2D eigenvalue weighted by Gasteiger charge is 2.31. The Kier molecular flexibility index (Phi) is 5.42. The molecular formula is C23H19N5O4S2. The van der Waals surface area contributed by atoms with E-state index in [2.05, 4.69) is 15.1 Å². The number of hydrogen-bond acceptors (Lipinski definition) is 9. The highest BCUT2D eigenvalue weighted by atomic mass is 32.2. The lowest BCUT2D eigenvalue weighted by molar-refractivity contribution is 0.318. The van der Waals surface area contributed by atoms with Crippen LogP contribution in [0.2, 0.25) is 0 Å². The van der Waals surface area contributed by atoms with Crippen LogP contribution in [0, 0.1) is 0 Å². The fraction of sp³-hybridized carbons (Fsp3) is 0.0870. The van der Waals surface area contributed by atoms with E-state index in [1.54, 1.807) is 41.8 Å². The second-order valence-corrected chi connectivity index (χ2v) is 10.3. The molecule has 5 rings (SSSR count). The molecule has 0 bridgehead atoms. The fourth-order valence-electron chi connectivity index (χ4n) is 3.53. The van der Waals surface area contributed by atoms with E-state index in [4.69, 9.17) is 10.5 Å². The molecule has 34 heavy (non-hydrogen) atoms. The zero-order valence-corrected chi connectivity index (χ0v) is 19.5. The first-order valence-corrected chi connectivity index (χ1v) is 12.6. The van der Waals surface area contributed by atoms with Crippen molar-refractivity contribution in [3.05, 3.63) is 65.5 Å². The molecule has 9 nitrogen and oxygen atoms in total. The molecule has 0 saturated carbocycles. The van der Waals surface area contributed by atoms with Gasteiger partial charge in [-0.15, -0.1) is 11.3 Å². The third-order valence-corrected chi connectivity index (χ3v) is 8.28. The van der Waals surface area contributed by atoms with Gasteiger partial charge in [-0.1, -0.05) is 18.2 Å². The number of hydrogen-bond donors (Lipinski definition) is 2. The van der Waals surface area contributed by atoms with Crippen molar-refractivity contribution in [1.29, 1.82) is 0 Å². The van der Waals surface area contributed by atoms with Crippen LogP contribution in [-0.4, -0.2) is 41.0 Å². The largest absolute Gasteiger partial charge is 0.504 e. The van der Waals surface area contributed by atoms with Crippen LogP contribution >= 0.6 is 11.3 Å². The van der Waals surface area contributed by atoms with E-state index in [1.807, 2.05) is 13.0 Å². The zero-order chi connectivity index (χ0) is 23.9. The number of aromatic hydroxyl groups is 1. The molecule has 0 saturated heterocycles. The number of fused-ring (bicyclic) bond motifs is 2. The Hall–Kier alpha value is -3.96. The average Bonchev–Trinajstić information content (AvgIpc) is 3.45. The highest BCUT2D eigenvalue weighted by molar-refractivity contribution is 7.93. The molecule has 0 atom stereocenters. The number of nitrogen functional groups attached to an aromatic ring is 1. The Morgan fingerprint density at radius 1 is 1.15 bits per heavy atom. The van der Waals surface area contributed by atoms with Crippen LogP contribution in [0.4, 0.5) is 5.82 Å². The number of ether oxygens (including phenoxy) is 1. The molecule has 172 valence electrons. The maximum Gasteiger partial charge on any atom is 0.221 e. The number of para-hydroxylation sites is 2. The van der Waals surface area contributed by atoms with Crippen molar-refractivity contribution in [2.75, 3.05) is 12.3 Å². The monoisotopic (exact) mass is 493 g/mol. The summed E-state index contributed by atoms with van der Waals surface area (Å²) in [6.45, 7) is 2.20. The number of benzene rings is 2. The maximum atomic E-state index is 13.5. The second kappa shape index (κ2) is 8.43. The summed E-state index contributed by atoms with van der Waals surface area (Å²) in [6, 6.07) is 15.1. The second-order valence-electron chi connectivity index (χ2n) is 7.25. The lowest BCUT2D eigenvalue weighted by Crippen LogP contribution is -2.05. The standard InChI is InChI=1S/C23H19N5O4S2/c1-2-32-18-12-14(9-10-17(18)29)13-25-28-22(24)21(34(30,31)19-8-5-11-33-19)20-23(28)27-16-7-4-3-6-15(16)26-20/h3-13,29H,2,24H2,1H3. The topological polar surface area (TPSA) is 133 Å². The number of nitrogens with two attached hydrogens (primary N) is 1. The Labute approximate surface area is 198 Å². The molecule has 3 heterocycles. The molecule has 2 aromatic carbocycles. The first-order valence-electron chi connectivity index (χ1n) is 10.3. The summed E-state index contributed by atoms with van der Waals surface area (Å²) in [5, 5.41) is 16.0. The van der Waals surface area contributed by atoms with Gasteiger partial charge in [-0.3, -0.25) is 0 Å². The lowest BCUT2D eigenvalue weighted by atomic mass is 10.2. The minimum Gasteiger partial charge on any atom is -0.504 e. The van der Waals surface area contributed by atoms with Crippen molar-refractivity contribution >= 4 is 55.4 Å². The Morgan fingerprint density at radius 3 is 2.62 bits per heavy atom. The molecule has 0 aliphatic rings. The molecule has 3 aromatic heterocycles. The van der Waals surface area contributed by atoms with E-state index >= 15 is 0 Å². The van der Waals surface area contributed by atoms with E-state index < -0.39 is 9.84 Å². The Bertz CT molecular complexity index is 1660.